The van der Waals surface area contributed by atoms with E-state index in [4.69, 9.17) is 0 Å². The molecule has 2 rings (SSSR count). The van der Waals surface area contributed by atoms with Crippen molar-refractivity contribution in [2.24, 2.45) is 0 Å². The summed E-state index contributed by atoms with van der Waals surface area (Å²) in [6.07, 6.45) is 0. The van der Waals surface area contributed by atoms with E-state index in [9.17, 15) is 9.59 Å². The van der Waals surface area contributed by atoms with Crippen LogP contribution in [0.5, 0.6) is 0 Å². The molecule has 0 saturated carbocycles. The zero-order valence-corrected chi connectivity index (χ0v) is 13.6. The van der Waals surface area contributed by atoms with Crippen LogP contribution in [0.25, 0.3) is 0 Å². The first kappa shape index (κ1) is 16.0. The van der Waals surface area contributed by atoms with Crippen LogP contribution in [0.15, 0.2) is 29.6 Å². The Balaban J connectivity index is 1.81. The Bertz CT molecular complexity index is 694. The van der Waals surface area contributed by atoms with Gasteiger partial charge in [-0.1, -0.05) is 17.7 Å². The Hall–Kier alpha value is -2.34. The molecule has 0 spiro atoms. The van der Waals surface area contributed by atoms with E-state index >= 15 is 0 Å². The van der Waals surface area contributed by atoms with Gasteiger partial charge in [-0.2, -0.15) is 0 Å². The van der Waals surface area contributed by atoms with Crippen molar-refractivity contribution in [2.75, 3.05) is 11.9 Å². The van der Waals surface area contributed by atoms with Gasteiger partial charge in [0, 0.05) is 5.69 Å². The van der Waals surface area contributed by atoms with Crippen molar-refractivity contribution in [3.05, 3.63) is 51.2 Å². The highest BCUT2D eigenvalue weighted by Crippen LogP contribution is 2.16. The lowest BCUT2D eigenvalue weighted by Gasteiger charge is -2.11. The third kappa shape index (κ3) is 4.08. The fourth-order valence-electron chi connectivity index (χ4n) is 2.02. The van der Waals surface area contributed by atoms with E-state index in [1.807, 2.05) is 50.4 Å². The van der Waals surface area contributed by atoms with Gasteiger partial charge in [0.25, 0.3) is 11.8 Å². The van der Waals surface area contributed by atoms with Crippen molar-refractivity contribution in [2.45, 2.75) is 20.8 Å². The summed E-state index contributed by atoms with van der Waals surface area (Å²) in [6, 6.07) is 7.82. The molecular formula is C16H19N3O2S. The first-order valence-electron chi connectivity index (χ1n) is 6.92. The number of benzene rings is 1. The van der Waals surface area contributed by atoms with Gasteiger partial charge in [0.05, 0.1) is 11.4 Å². The Morgan fingerprint density at radius 3 is 2.45 bits per heavy atom. The quantitative estimate of drug-likeness (QED) is 0.759. The van der Waals surface area contributed by atoms with Gasteiger partial charge in [-0.15, -0.1) is 11.3 Å². The molecule has 0 bridgehead atoms. The van der Waals surface area contributed by atoms with Crippen molar-refractivity contribution in [3.8, 4) is 0 Å². The molecule has 0 fully saturated rings. The van der Waals surface area contributed by atoms with E-state index in [1.165, 1.54) is 16.9 Å². The third-order valence-electron chi connectivity index (χ3n) is 3.21. The van der Waals surface area contributed by atoms with Crippen LogP contribution in [0.2, 0.25) is 0 Å². The summed E-state index contributed by atoms with van der Waals surface area (Å²) in [7, 11) is 0. The van der Waals surface area contributed by atoms with Crippen LogP contribution >= 0.6 is 11.3 Å². The number of thiophene rings is 1. The average Bonchev–Trinajstić information content (AvgIpc) is 2.90. The minimum Gasteiger partial charge on any atom is -0.376 e. The fourth-order valence-corrected chi connectivity index (χ4v) is 2.84. The maximum atomic E-state index is 11.9. The highest BCUT2D eigenvalue weighted by molar-refractivity contribution is 7.12. The minimum absolute atomic E-state index is 0.0909. The first-order chi connectivity index (χ1) is 10.5. The van der Waals surface area contributed by atoms with Crippen LogP contribution in [-0.2, 0) is 4.79 Å². The topological polar surface area (TPSA) is 70.2 Å². The average molecular weight is 317 g/mol. The van der Waals surface area contributed by atoms with Crippen LogP contribution < -0.4 is 16.2 Å². The molecule has 1 aromatic heterocycles. The Morgan fingerprint density at radius 2 is 1.82 bits per heavy atom. The van der Waals surface area contributed by atoms with E-state index in [2.05, 4.69) is 16.2 Å². The summed E-state index contributed by atoms with van der Waals surface area (Å²) in [4.78, 5) is 24.2. The number of rotatable bonds is 4. The Labute approximate surface area is 133 Å². The molecule has 0 saturated heterocycles. The van der Waals surface area contributed by atoms with E-state index in [-0.39, 0.29) is 18.4 Å². The molecule has 1 heterocycles. The second-order valence-electron chi connectivity index (χ2n) is 5.11. The van der Waals surface area contributed by atoms with Crippen molar-refractivity contribution >= 4 is 28.8 Å². The smallest absolute Gasteiger partial charge is 0.280 e. The van der Waals surface area contributed by atoms with Gasteiger partial charge in [-0.05, 0) is 49.4 Å². The maximum Gasteiger partial charge on any atom is 0.280 e. The summed E-state index contributed by atoms with van der Waals surface area (Å²) < 4.78 is 0. The van der Waals surface area contributed by atoms with Gasteiger partial charge in [0.15, 0.2) is 0 Å². The largest absolute Gasteiger partial charge is 0.376 e. The number of hydrogen-bond donors (Lipinski definition) is 3. The van der Waals surface area contributed by atoms with E-state index in [1.54, 1.807) is 0 Å². The molecular weight excluding hydrogens is 298 g/mol. The van der Waals surface area contributed by atoms with E-state index in [0.29, 0.717) is 4.88 Å². The molecule has 1 aromatic carbocycles. The van der Waals surface area contributed by atoms with Crippen molar-refractivity contribution in [1.82, 2.24) is 10.9 Å². The van der Waals surface area contributed by atoms with Crippen LogP contribution in [0.4, 0.5) is 5.69 Å². The van der Waals surface area contributed by atoms with Crippen molar-refractivity contribution in [3.63, 3.8) is 0 Å². The molecule has 0 unspecified atom stereocenters. The molecule has 0 aliphatic rings. The molecule has 0 aliphatic heterocycles. The number of carbonyl (C=O) groups excluding carboxylic acids is 2. The first-order valence-corrected chi connectivity index (χ1v) is 7.79. The van der Waals surface area contributed by atoms with Gasteiger partial charge in [-0.25, -0.2) is 0 Å². The molecule has 2 amide bonds. The minimum atomic E-state index is -0.303. The molecule has 2 aromatic rings. The van der Waals surface area contributed by atoms with Gasteiger partial charge in [0.2, 0.25) is 0 Å². The van der Waals surface area contributed by atoms with Crippen LogP contribution in [0.3, 0.4) is 0 Å². The monoisotopic (exact) mass is 317 g/mol. The zero-order chi connectivity index (χ0) is 16.1. The number of aryl methyl sites for hydroxylation is 3. The lowest BCUT2D eigenvalue weighted by Crippen LogP contribution is -2.44. The third-order valence-corrected chi connectivity index (χ3v) is 4.22. The lowest BCUT2D eigenvalue weighted by atomic mass is 10.1. The number of nitrogens with one attached hydrogen (secondary N) is 3. The highest BCUT2D eigenvalue weighted by Gasteiger charge is 2.11. The SMILES string of the molecule is Cc1ccc(NCC(=O)NNC(=O)c2sccc2C)c(C)c1. The van der Waals surface area contributed by atoms with Crippen molar-refractivity contribution in [1.29, 1.82) is 0 Å². The number of anilines is 1. The van der Waals surface area contributed by atoms with E-state index in [0.717, 1.165) is 16.8 Å². The van der Waals surface area contributed by atoms with Crippen LogP contribution in [-0.4, -0.2) is 18.4 Å². The molecule has 0 atom stereocenters. The second-order valence-corrected chi connectivity index (χ2v) is 6.02. The van der Waals surface area contributed by atoms with Gasteiger partial charge >= 0.3 is 0 Å². The second kappa shape index (κ2) is 7.09. The maximum absolute atomic E-state index is 11.9. The predicted molar refractivity (Wildman–Crippen MR) is 89.1 cm³/mol. The van der Waals surface area contributed by atoms with E-state index < -0.39 is 0 Å². The number of hydrogen-bond acceptors (Lipinski definition) is 4. The van der Waals surface area contributed by atoms with Crippen LogP contribution in [0, 0.1) is 20.8 Å². The molecule has 0 radical (unpaired) electrons. The van der Waals surface area contributed by atoms with Gasteiger partial charge in [0.1, 0.15) is 0 Å². The molecule has 3 N–H and O–H groups in total. The summed E-state index contributed by atoms with van der Waals surface area (Å²) in [5.74, 6) is -0.602. The predicted octanol–water partition coefficient (Wildman–Crippen LogP) is 2.55. The molecule has 6 heteroatoms. The van der Waals surface area contributed by atoms with Gasteiger partial charge < -0.3 is 5.32 Å². The fraction of sp³-hybridized carbons (Fsp3) is 0.250. The highest BCUT2D eigenvalue weighted by atomic mass is 32.1. The molecule has 5 nitrogen and oxygen atoms in total. The van der Waals surface area contributed by atoms with Crippen molar-refractivity contribution < 1.29 is 9.59 Å². The number of amides is 2. The Morgan fingerprint density at radius 1 is 1.05 bits per heavy atom. The normalized spacial score (nSPS) is 10.1. The molecule has 116 valence electrons. The summed E-state index contributed by atoms with van der Waals surface area (Å²) in [5.41, 5.74) is 8.87. The molecule has 22 heavy (non-hydrogen) atoms. The lowest BCUT2D eigenvalue weighted by molar-refractivity contribution is -0.120. The summed E-state index contributed by atoms with van der Waals surface area (Å²) in [5, 5.41) is 4.89. The zero-order valence-electron chi connectivity index (χ0n) is 12.8. The van der Waals surface area contributed by atoms with Gasteiger partial charge in [-0.3, -0.25) is 20.4 Å². The summed E-state index contributed by atoms with van der Waals surface area (Å²) in [6.45, 7) is 5.95. The van der Waals surface area contributed by atoms with Crippen LogP contribution in [0.1, 0.15) is 26.4 Å². The summed E-state index contributed by atoms with van der Waals surface area (Å²) >= 11 is 1.34. The standard InChI is InChI=1S/C16H19N3O2S/c1-10-4-5-13(12(3)8-10)17-9-14(20)18-19-16(21)15-11(2)6-7-22-15/h4-8,17H,9H2,1-3H3,(H,18,20)(H,19,21). The number of carbonyl (C=O) groups is 2. The number of hydrazine groups is 1. The Kier molecular flexibility index (Phi) is 5.16. The molecule has 0 aliphatic carbocycles.